The van der Waals surface area contributed by atoms with E-state index in [2.05, 4.69) is 0 Å². The first-order chi connectivity index (χ1) is 8.01. The summed E-state index contributed by atoms with van der Waals surface area (Å²) >= 11 is 0. The Hall–Kier alpha value is -1.42. The topological polar surface area (TPSA) is 52.3 Å². The van der Waals surface area contributed by atoms with Crippen molar-refractivity contribution >= 4 is 5.97 Å². The first-order valence-corrected chi connectivity index (χ1v) is 5.60. The van der Waals surface area contributed by atoms with Gasteiger partial charge in [0.15, 0.2) is 0 Å². The largest absolute Gasteiger partial charge is 0.469 e. The molecule has 0 bridgehead atoms. The van der Waals surface area contributed by atoms with Gasteiger partial charge in [0.05, 0.1) is 13.0 Å². The molecule has 4 heteroatoms. The standard InChI is InChI=1S/C13H18FNO2/c1-4-10(13(16)17-3)12(15)9-5-6-11(14)8(2)7-9/h5-7,10,12H,4,15H2,1-3H3. The van der Waals surface area contributed by atoms with Crippen LogP contribution >= 0.6 is 0 Å². The van der Waals surface area contributed by atoms with Crippen molar-refractivity contribution in [1.82, 2.24) is 0 Å². The van der Waals surface area contributed by atoms with E-state index in [-0.39, 0.29) is 11.8 Å². The van der Waals surface area contributed by atoms with E-state index < -0.39 is 12.0 Å². The molecule has 1 aromatic carbocycles. The van der Waals surface area contributed by atoms with Gasteiger partial charge in [0, 0.05) is 6.04 Å². The number of aryl methyl sites for hydroxylation is 1. The van der Waals surface area contributed by atoms with Crippen LogP contribution in [0.2, 0.25) is 0 Å². The summed E-state index contributed by atoms with van der Waals surface area (Å²) in [4.78, 5) is 11.5. The number of carbonyl (C=O) groups excluding carboxylic acids is 1. The van der Waals surface area contributed by atoms with Crippen LogP contribution < -0.4 is 5.73 Å². The normalized spacial score (nSPS) is 14.2. The molecule has 0 heterocycles. The molecule has 0 saturated heterocycles. The van der Waals surface area contributed by atoms with Crippen LogP contribution in [0.4, 0.5) is 4.39 Å². The van der Waals surface area contributed by atoms with Crippen LogP contribution in [0.5, 0.6) is 0 Å². The second kappa shape index (κ2) is 5.77. The summed E-state index contributed by atoms with van der Waals surface area (Å²) in [7, 11) is 1.34. The first-order valence-electron chi connectivity index (χ1n) is 5.60. The summed E-state index contributed by atoms with van der Waals surface area (Å²) in [5.74, 6) is -1.00. The molecule has 0 aliphatic carbocycles. The van der Waals surface area contributed by atoms with Gasteiger partial charge in [-0.25, -0.2) is 4.39 Å². The molecule has 1 aromatic rings. The average Bonchev–Trinajstić information content (AvgIpc) is 2.33. The van der Waals surface area contributed by atoms with Crippen molar-refractivity contribution in [2.24, 2.45) is 11.7 Å². The van der Waals surface area contributed by atoms with Gasteiger partial charge in [-0.15, -0.1) is 0 Å². The van der Waals surface area contributed by atoms with Crippen molar-refractivity contribution in [3.05, 3.63) is 35.1 Å². The molecule has 2 atom stereocenters. The highest BCUT2D eigenvalue weighted by Crippen LogP contribution is 2.24. The molecule has 0 fully saturated rings. The number of benzene rings is 1. The van der Waals surface area contributed by atoms with Gasteiger partial charge in [-0.05, 0) is 30.5 Å². The molecule has 0 saturated carbocycles. The predicted octanol–water partition coefficient (Wildman–Crippen LogP) is 2.33. The van der Waals surface area contributed by atoms with Crippen molar-refractivity contribution in [3.8, 4) is 0 Å². The van der Waals surface area contributed by atoms with E-state index in [1.807, 2.05) is 6.92 Å². The van der Waals surface area contributed by atoms with E-state index in [1.54, 1.807) is 19.1 Å². The lowest BCUT2D eigenvalue weighted by atomic mass is 9.91. The van der Waals surface area contributed by atoms with Crippen LogP contribution in [-0.4, -0.2) is 13.1 Å². The van der Waals surface area contributed by atoms with Crippen LogP contribution in [0.15, 0.2) is 18.2 Å². The Morgan fingerprint density at radius 2 is 2.18 bits per heavy atom. The van der Waals surface area contributed by atoms with Crippen molar-refractivity contribution in [2.45, 2.75) is 26.3 Å². The summed E-state index contributed by atoms with van der Waals surface area (Å²) in [6.45, 7) is 3.54. The maximum absolute atomic E-state index is 13.1. The van der Waals surface area contributed by atoms with Gasteiger partial charge in [-0.3, -0.25) is 4.79 Å². The molecule has 17 heavy (non-hydrogen) atoms. The van der Waals surface area contributed by atoms with Crippen LogP contribution in [0.1, 0.15) is 30.5 Å². The maximum Gasteiger partial charge on any atom is 0.310 e. The van der Waals surface area contributed by atoms with Crippen LogP contribution in [0.3, 0.4) is 0 Å². The number of methoxy groups -OCH3 is 1. The number of halogens is 1. The molecule has 3 nitrogen and oxygen atoms in total. The molecule has 2 N–H and O–H groups in total. The zero-order valence-electron chi connectivity index (χ0n) is 10.4. The molecule has 0 aliphatic rings. The summed E-state index contributed by atoms with van der Waals surface area (Å²) in [5.41, 5.74) is 7.30. The fourth-order valence-electron chi connectivity index (χ4n) is 1.83. The van der Waals surface area contributed by atoms with Gasteiger partial charge in [0.25, 0.3) is 0 Å². The highest BCUT2D eigenvalue weighted by molar-refractivity contribution is 5.73. The number of esters is 1. The van der Waals surface area contributed by atoms with Crippen LogP contribution in [-0.2, 0) is 9.53 Å². The monoisotopic (exact) mass is 239 g/mol. The fourth-order valence-corrected chi connectivity index (χ4v) is 1.83. The van der Waals surface area contributed by atoms with E-state index in [9.17, 15) is 9.18 Å². The lowest BCUT2D eigenvalue weighted by Crippen LogP contribution is -2.28. The Morgan fingerprint density at radius 1 is 1.53 bits per heavy atom. The van der Waals surface area contributed by atoms with E-state index in [0.29, 0.717) is 12.0 Å². The number of rotatable bonds is 4. The van der Waals surface area contributed by atoms with Crippen LogP contribution in [0.25, 0.3) is 0 Å². The van der Waals surface area contributed by atoms with E-state index in [0.717, 1.165) is 5.56 Å². The zero-order valence-corrected chi connectivity index (χ0v) is 10.4. The molecule has 0 aromatic heterocycles. The molecular weight excluding hydrogens is 221 g/mol. The first kappa shape index (κ1) is 13.6. The SMILES string of the molecule is CCC(C(=O)OC)C(N)c1ccc(F)c(C)c1. The number of hydrogen-bond acceptors (Lipinski definition) is 3. The molecule has 0 spiro atoms. The predicted molar refractivity (Wildman–Crippen MR) is 63.9 cm³/mol. The molecule has 0 radical (unpaired) electrons. The fraction of sp³-hybridized carbons (Fsp3) is 0.462. The second-order valence-electron chi connectivity index (χ2n) is 4.07. The Kier molecular flexibility index (Phi) is 4.63. The minimum absolute atomic E-state index is 0.271. The van der Waals surface area contributed by atoms with Gasteiger partial charge >= 0.3 is 5.97 Å². The summed E-state index contributed by atoms with van der Waals surface area (Å²) in [6, 6.07) is 4.19. The molecule has 0 aliphatic heterocycles. The number of hydrogen-bond donors (Lipinski definition) is 1. The highest BCUT2D eigenvalue weighted by atomic mass is 19.1. The molecule has 2 unspecified atom stereocenters. The molecule has 1 rings (SSSR count). The van der Waals surface area contributed by atoms with Gasteiger partial charge in [0.2, 0.25) is 0 Å². The lowest BCUT2D eigenvalue weighted by molar-refractivity contribution is -0.146. The quantitative estimate of drug-likeness (QED) is 0.820. The lowest BCUT2D eigenvalue weighted by Gasteiger charge is -2.21. The number of ether oxygens (including phenoxy) is 1. The number of nitrogens with two attached hydrogens (primary N) is 1. The minimum Gasteiger partial charge on any atom is -0.469 e. The smallest absolute Gasteiger partial charge is 0.310 e. The highest BCUT2D eigenvalue weighted by Gasteiger charge is 2.26. The number of carbonyl (C=O) groups is 1. The van der Waals surface area contributed by atoms with Crippen molar-refractivity contribution < 1.29 is 13.9 Å². The summed E-state index contributed by atoms with van der Waals surface area (Å²) < 4.78 is 17.8. The Labute approximate surface area is 101 Å². The van der Waals surface area contributed by atoms with E-state index in [1.165, 1.54) is 13.2 Å². The summed E-state index contributed by atoms with van der Waals surface area (Å²) in [6.07, 6.45) is 0.588. The average molecular weight is 239 g/mol. The Bertz CT molecular complexity index is 406. The third-order valence-electron chi connectivity index (χ3n) is 2.94. The van der Waals surface area contributed by atoms with Crippen molar-refractivity contribution in [1.29, 1.82) is 0 Å². The zero-order chi connectivity index (χ0) is 13.0. The minimum atomic E-state index is -0.466. The molecular formula is C13H18FNO2. The van der Waals surface area contributed by atoms with Crippen molar-refractivity contribution in [2.75, 3.05) is 7.11 Å². The Morgan fingerprint density at radius 3 is 2.65 bits per heavy atom. The van der Waals surface area contributed by atoms with Gasteiger partial charge < -0.3 is 10.5 Å². The van der Waals surface area contributed by atoms with Gasteiger partial charge in [-0.2, -0.15) is 0 Å². The van der Waals surface area contributed by atoms with Crippen LogP contribution in [0, 0.1) is 18.7 Å². The Balaban J connectivity index is 2.97. The van der Waals surface area contributed by atoms with Crippen molar-refractivity contribution in [3.63, 3.8) is 0 Å². The van der Waals surface area contributed by atoms with Gasteiger partial charge in [-0.1, -0.05) is 19.1 Å². The summed E-state index contributed by atoms with van der Waals surface area (Å²) in [5, 5.41) is 0. The van der Waals surface area contributed by atoms with E-state index in [4.69, 9.17) is 10.5 Å². The van der Waals surface area contributed by atoms with E-state index >= 15 is 0 Å². The third-order valence-corrected chi connectivity index (χ3v) is 2.94. The second-order valence-corrected chi connectivity index (χ2v) is 4.07. The third kappa shape index (κ3) is 3.03. The maximum atomic E-state index is 13.1. The molecule has 0 amide bonds. The van der Waals surface area contributed by atoms with Gasteiger partial charge in [0.1, 0.15) is 5.82 Å². The molecule has 94 valence electrons.